The summed E-state index contributed by atoms with van der Waals surface area (Å²) in [6, 6.07) is 15.0. The molecule has 3 rings (SSSR count). The van der Waals surface area contributed by atoms with Crippen LogP contribution in [0.15, 0.2) is 48.5 Å². The van der Waals surface area contributed by atoms with Crippen LogP contribution in [-0.4, -0.2) is 35.1 Å². The number of aromatic amines is 1. The lowest BCUT2D eigenvalue weighted by atomic mass is 10.1. The molecule has 7 heteroatoms. The number of H-pyrrole nitrogens is 1. The molecular formula is C19H19N3O4. The van der Waals surface area contributed by atoms with Gasteiger partial charge in [0.25, 0.3) is 0 Å². The largest absolute Gasteiger partial charge is 0.497 e. The Morgan fingerprint density at radius 3 is 2.69 bits per heavy atom. The van der Waals surface area contributed by atoms with E-state index < -0.39 is 5.97 Å². The number of hydrogen-bond acceptors (Lipinski definition) is 6. The molecule has 0 amide bonds. The molecule has 2 aromatic carbocycles. The fourth-order valence-corrected chi connectivity index (χ4v) is 2.44. The molecule has 1 aromatic heterocycles. The molecule has 3 aromatic rings. The number of carbonyl (C=O) groups is 1. The van der Waals surface area contributed by atoms with Crippen LogP contribution in [0.4, 0.5) is 0 Å². The van der Waals surface area contributed by atoms with Gasteiger partial charge < -0.3 is 14.2 Å². The maximum Gasteiger partial charge on any atom is 0.361 e. The van der Waals surface area contributed by atoms with Crippen molar-refractivity contribution >= 4 is 5.97 Å². The molecule has 0 saturated heterocycles. The monoisotopic (exact) mass is 353 g/mol. The molecule has 0 spiro atoms. The van der Waals surface area contributed by atoms with Gasteiger partial charge in [0.1, 0.15) is 23.8 Å². The topological polar surface area (TPSA) is 86.3 Å². The van der Waals surface area contributed by atoms with E-state index in [-0.39, 0.29) is 12.3 Å². The lowest BCUT2D eigenvalue weighted by Crippen LogP contribution is -2.06. The van der Waals surface area contributed by atoms with E-state index in [9.17, 15) is 4.79 Å². The van der Waals surface area contributed by atoms with Crippen LogP contribution < -0.4 is 9.47 Å². The number of rotatable bonds is 7. The minimum absolute atomic E-state index is 0.150. The SMILES string of the molecule is CCOC(=O)c1n[nH]nc1-c1cccc(OCc2cccc(OC)c2)c1. The standard InChI is InChI=1S/C19H19N3O4/c1-3-25-19(23)18-17(20-22-21-18)14-7-5-9-16(11-14)26-12-13-6-4-8-15(10-13)24-2/h4-11H,3,12H2,1-2H3,(H,20,21,22). The smallest absolute Gasteiger partial charge is 0.361 e. The van der Waals surface area contributed by atoms with E-state index in [1.54, 1.807) is 20.1 Å². The molecule has 7 nitrogen and oxygen atoms in total. The molecule has 0 radical (unpaired) electrons. The number of aromatic nitrogens is 3. The van der Waals surface area contributed by atoms with Gasteiger partial charge in [0.15, 0.2) is 5.69 Å². The second-order valence-corrected chi connectivity index (χ2v) is 5.41. The first kappa shape index (κ1) is 17.5. The zero-order valence-electron chi connectivity index (χ0n) is 14.6. The zero-order chi connectivity index (χ0) is 18.4. The molecule has 1 heterocycles. The van der Waals surface area contributed by atoms with Crippen LogP contribution in [0, 0.1) is 0 Å². The summed E-state index contributed by atoms with van der Waals surface area (Å²) in [7, 11) is 1.63. The van der Waals surface area contributed by atoms with Gasteiger partial charge in [-0.2, -0.15) is 10.3 Å². The van der Waals surface area contributed by atoms with Crippen LogP contribution >= 0.6 is 0 Å². The summed E-state index contributed by atoms with van der Waals surface area (Å²) in [5.41, 5.74) is 2.28. The van der Waals surface area contributed by atoms with Gasteiger partial charge in [-0.25, -0.2) is 4.79 Å². The average Bonchev–Trinajstić information content (AvgIpc) is 3.17. The number of carbonyl (C=O) groups excluding carboxylic acids is 1. The predicted molar refractivity (Wildman–Crippen MR) is 95.1 cm³/mol. The van der Waals surface area contributed by atoms with Crippen molar-refractivity contribution in [1.82, 2.24) is 15.4 Å². The normalized spacial score (nSPS) is 10.4. The molecule has 0 aliphatic carbocycles. The summed E-state index contributed by atoms with van der Waals surface area (Å²) in [6.07, 6.45) is 0. The van der Waals surface area contributed by atoms with Crippen molar-refractivity contribution in [2.24, 2.45) is 0 Å². The minimum atomic E-state index is -0.515. The Bertz CT molecular complexity index is 892. The first-order valence-electron chi connectivity index (χ1n) is 8.15. The number of hydrogen-bond donors (Lipinski definition) is 1. The highest BCUT2D eigenvalue weighted by molar-refractivity contribution is 5.93. The molecular weight excluding hydrogens is 334 g/mol. The fraction of sp³-hybridized carbons (Fsp3) is 0.211. The highest BCUT2D eigenvalue weighted by atomic mass is 16.5. The van der Waals surface area contributed by atoms with E-state index in [1.165, 1.54) is 0 Å². The van der Waals surface area contributed by atoms with E-state index in [0.717, 1.165) is 11.3 Å². The van der Waals surface area contributed by atoms with Crippen LogP contribution in [0.1, 0.15) is 23.0 Å². The Morgan fingerprint density at radius 2 is 1.88 bits per heavy atom. The zero-order valence-corrected chi connectivity index (χ0v) is 14.6. The highest BCUT2D eigenvalue weighted by Crippen LogP contribution is 2.25. The van der Waals surface area contributed by atoms with Crippen molar-refractivity contribution < 1.29 is 19.0 Å². The van der Waals surface area contributed by atoms with Crippen LogP contribution in [-0.2, 0) is 11.3 Å². The van der Waals surface area contributed by atoms with Crippen LogP contribution in [0.25, 0.3) is 11.3 Å². The van der Waals surface area contributed by atoms with E-state index in [2.05, 4.69) is 15.4 Å². The minimum Gasteiger partial charge on any atom is -0.497 e. The summed E-state index contributed by atoms with van der Waals surface area (Å²) in [5.74, 6) is 0.920. The first-order valence-corrected chi connectivity index (χ1v) is 8.15. The van der Waals surface area contributed by atoms with Gasteiger partial charge in [-0.05, 0) is 36.8 Å². The molecule has 0 aliphatic heterocycles. The van der Waals surface area contributed by atoms with E-state index in [4.69, 9.17) is 14.2 Å². The third-order valence-corrected chi connectivity index (χ3v) is 3.66. The van der Waals surface area contributed by atoms with Crippen LogP contribution in [0.2, 0.25) is 0 Å². The second kappa shape index (κ2) is 8.15. The van der Waals surface area contributed by atoms with Gasteiger partial charge in [-0.15, -0.1) is 5.10 Å². The number of benzene rings is 2. The molecule has 0 unspecified atom stereocenters. The summed E-state index contributed by atoms with van der Waals surface area (Å²) in [6.45, 7) is 2.41. The Morgan fingerprint density at radius 1 is 1.08 bits per heavy atom. The van der Waals surface area contributed by atoms with Crippen LogP contribution in [0.3, 0.4) is 0 Å². The van der Waals surface area contributed by atoms with Crippen LogP contribution in [0.5, 0.6) is 11.5 Å². The molecule has 0 saturated carbocycles. The molecule has 0 aliphatic rings. The summed E-state index contributed by atoms with van der Waals surface area (Å²) >= 11 is 0. The molecule has 0 bridgehead atoms. The Labute approximate surface area is 150 Å². The van der Waals surface area contributed by atoms with Gasteiger partial charge in [0.2, 0.25) is 0 Å². The maximum absolute atomic E-state index is 12.0. The summed E-state index contributed by atoms with van der Waals surface area (Å²) < 4.78 is 16.1. The van der Waals surface area contributed by atoms with Crippen molar-refractivity contribution in [1.29, 1.82) is 0 Å². The lowest BCUT2D eigenvalue weighted by molar-refractivity contribution is 0.0520. The highest BCUT2D eigenvalue weighted by Gasteiger charge is 2.19. The quantitative estimate of drug-likeness (QED) is 0.656. The number of nitrogens with one attached hydrogen (secondary N) is 1. The predicted octanol–water partition coefficient (Wildman–Crippen LogP) is 3.24. The van der Waals surface area contributed by atoms with Crippen molar-refractivity contribution in [3.63, 3.8) is 0 Å². The number of esters is 1. The van der Waals surface area contributed by atoms with Gasteiger partial charge >= 0.3 is 5.97 Å². The van der Waals surface area contributed by atoms with Gasteiger partial charge in [-0.1, -0.05) is 24.3 Å². The maximum atomic E-state index is 12.0. The average molecular weight is 353 g/mol. The Kier molecular flexibility index (Phi) is 5.48. The van der Waals surface area contributed by atoms with Crippen molar-refractivity contribution in [3.8, 4) is 22.8 Å². The number of methoxy groups -OCH3 is 1. The number of ether oxygens (including phenoxy) is 3. The van der Waals surface area contributed by atoms with E-state index in [0.29, 0.717) is 23.6 Å². The van der Waals surface area contributed by atoms with Gasteiger partial charge in [-0.3, -0.25) is 0 Å². The number of nitrogens with zero attached hydrogens (tertiary/aromatic N) is 2. The molecule has 26 heavy (non-hydrogen) atoms. The second-order valence-electron chi connectivity index (χ2n) is 5.41. The first-order chi connectivity index (χ1) is 12.7. The fourth-order valence-electron chi connectivity index (χ4n) is 2.44. The third-order valence-electron chi connectivity index (χ3n) is 3.66. The van der Waals surface area contributed by atoms with E-state index in [1.807, 2.05) is 42.5 Å². The molecule has 0 atom stereocenters. The van der Waals surface area contributed by atoms with Crippen molar-refractivity contribution in [3.05, 3.63) is 59.8 Å². The molecule has 1 N–H and O–H groups in total. The molecule has 0 fully saturated rings. The van der Waals surface area contributed by atoms with E-state index >= 15 is 0 Å². The molecule has 134 valence electrons. The lowest BCUT2D eigenvalue weighted by Gasteiger charge is -2.09. The van der Waals surface area contributed by atoms with Gasteiger partial charge in [0, 0.05) is 5.56 Å². The third kappa shape index (κ3) is 4.00. The summed E-state index contributed by atoms with van der Waals surface area (Å²) in [5, 5.41) is 10.4. The Balaban J connectivity index is 1.76. The van der Waals surface area contributed by atoms with Crippen molar-refractivity contribution in [2.75, 3.05) is 13.7 Å². The van der Waals surface area contributed by atoms with Gasteiger partial charge in [0.05, 0.1) is 13.7 Å². The Hall–Kier alpha value is -3.35. The van der Waals surface area contributed by atoms with Crippen molar-refractivity contribution in [2.45, 2.75) is 13.5 Å². The summed E-state index contributed by atoms with van der Waals surface area (Å²) in [4.78, 5) is 12.0.